The van der Waals surface area contributed by atoms with E-state index < -0.39 is 9.84 Å². The Morgan fingerprint density at radius 1 is 0.925 bits per heavy atom. The number of nitrogens with zero attached hydrogens (tertiary/aromatic N) is 3. The number of hydrogen-bond donors (Lipinski definition) is 1. The van der Waals surface area contributed by atoms with Crippen molar-refractivity contribution in [3.8, 4) is 22.9 Å². The van der Waals surface area contributed by atoms with Crippen LogP contribution in [0.15, 0.2) is 71.6 Å². The normalized spacial score (nSPS) is 14.4. The maximum atomic E-state index is 11.7. The van der Waals surface area contributed by atoms with Gasteiger partial charge in [0.05, 0.1) is 15.9 Å². The fourth-order valence-corrected chi connectivity index (χ4v) is 5.54. The van der Waals surface area contributed by atoms with E-state index >= 15 is 0 Å². The van der Waals surface area contributed by atoms with E-state index in [0.717, 1.165) is 91.6 Å². The molecule has 1 aromatic heterocycles. The number of aromatic nitrogens is 2. The summed E-state index contributed by atoms with van der Waals surface area (Å²) in [4.78, 5) is 7.73. The largest absolute Gasteiger partial charge is 0.492 e. The number of unbranched alkanes of at least 4 members (excludes halogenated alkanes) is 1. The number of piperazine rings is 1. The molecule has 212 valence electrons. The van der Waals surface area contributed by atoms with Gasteiger partial charge in [-0.15, -0.1) is 0 Å². The fourth-order valence-electron chi connectivity index (χ4n) is 4.91. The van der Waals surface area contributed by atoms with Crippen LogP contribution in [0.4, 0.5) is 0 Å². The van der Waals surface area contributed by atoms with Crippen LogP contribution in [0.3, 0.4) is 0 Å². The molecule has 8 nitrogen and oxygen atoms in total. The summed E-state index contributed by atoms with van der Waals surface area (Å²) in [5.41, 5.74) is 3.90. The van der Waals surface area contributed by atoms with Crippen molar-refractivity contribution in [2.45, 2.75) is 37.8 Å². The molecule has 1 fully saturated rings. The number of benzene rings is 3. The van der Waals surface area contributed by atoms with Gasteiger partial charge in [-0.3, -0.25) is 4.90 Å². The lowest BCUT2D eigenvalue weighted by Crippen LogP contribution is -2.44. The molecular weight excluding hydrogens is 524 g/mol. The minimum Gasteiger partial charge on any atom is -0.492 e. The molecule has 5 rings (SSSR count). The van der Waals surface area contributed by atoms with Crippen molar-refractivity contribution in [2.75, 3.05) is 45.6 Å². The van der Waals surface area contributed by atoms with Gasteiger partial charge in [0.25, 0.3) is 0 Å². The van der Waals surface area contributed by atoms with E-state index in [0.29, 0.717) is 18.1 Å². The molecule has 0 atom stereocenters. The molecule has 0 radical (unpaired) electrons. The molecule has 1 saturated heterocycles. The SMILES string of the molecule is CCCCn1c(-c2cccc(OCc3ccc(S(C)(=O)=O)cc3)c2)nc2ccc(OCCN3CCNCC3)cc21. The number of ether oxygens (including phenoxy) is 2. The maximum absolute atomic E-state index is 11.7. The van der Waals surface area contributed by atoms with Gasteiger partial charge < -0.3 is 19.4 Å². The summed E-state index contributed by atoms with van der Waals surface area (Å²) in [6.07, 6.45) is 3.34. The Labute approximate surface area is 236 Å². The highest BCUT2D eigenvalue weighted by atomic mass is 32.2. The number of sulfone groups is 1. The Morgan fingerprint density at radius 2 is 1.70 bits per heavy atom. The molecule has 1 aliphatic heterocycles. The van der Waals surface area contributed by atoms with Crippen LogP contribution >= 0.6 is 0 Å². The monoisotopic (exact) mass is 562 g/mol. The summed E-state index contributed by atoms with van der Waals surface area (Å²) in [5.74, 6) is 2.51. The third-order valence-corrected chi connectivity index (χ3v) is 8.32. The predicted octanol–water partition coefficient (Wildman–Crippen LogP) is 4.77. The third-order valence-electron chi connectivity index (χ3n) is 7.19. The van der Waals surface area contributed by atoms with Crippen molar-refractivity contribution in [2.24, 2.45) is 0 Å². The Hall–Kier alpha value is -3.40. The number of imidazole rings is 1. The van der Waals surface area contributed by atoms with Gasteiger partial charge in [-0.2, -0.15) is 0 Å². The van der Waals surface area contributed by atoms with E-state index in [4.69, 9.17) is 14.5 Å². The van der Waals surface area contributed by atoms with Gasteiger partial charge in [-0.05, 0) is 48.4 Å². The van der Waals surface area contributed by atoms with Crippen LogP contribution < -0.4 is 14.8 Å². The minimum absolute atomic E-state index is 0.303. The Morgan fingerprint density at radius 3 is 2.45 bits per heavy atom. The number of nitrogens with one attached hydrogen (secondary N) is 1. The lowest BCUT2D eigenvalue weighted by Gasteiger charge is -2.26. The smallest absolute Gasteiger partial charge is 0.175 e. The van der Waals surface area contributed by atoms with E-state index in [1.54, 1.807) is 24.3 Å². The van der Waals surface area contributed by atoms with Crippen molar-refractivity contribution < 1.29 is 17.9 Å². The highest BCUT2D eigenvalue weighted by Gasteiger charge is 2.15. The maximum Gasteiger partial charge on any atom is 0.175 e. The molecule has 0 spiro atoms. The predicted molar refractivity (Wildman–Crippen MR) is 159 cm³/mol. The van der Waals surface area contributed by atoms with Crippen LogP contribution in [0.5, 0.6) is 11.5 Å². The van der Waals surface area contributed by atoms with E-state index in [1.807, 2.05) is 30.3 Å². The topological polar surface area (TPSA) is 85.7 Å². The lowest BCUT2D eigenvalue weighted by atomic mass is 10.2. The number of hydrogen-bond acceptors (Lipinski definition) is 7. The highest BCUT2D eigenvalue weighted by molar-refractivity contribution is 7.90. The summed E-state index contributed by atoms with van der Waals surface area (Å²) < 4.78 is 38.0. The van der Waals surface area contributed by atoms with Gasteiger partial charge >= 0.3 is 0 Å². The number of aryl methyl sites for hydroxylation is 1. The highest BCUT2D eigenvalue weighted by Crippen LogP contribution is 2.30. The molecule has 0 saturated carbocycles. The first-order valence-electron chi connectivity index (χ1n) is 14.0. The third kappa shape index (κ3) is 7.02. The van der Waals surface area contributed by atoms with E-state index in [9.17, 15) is 8.42 Å². The Kier molecular flexibility index (Phi) is 9.04. The average Bonchev–Trinajstić information content (AvgIpc) is 3.33. The first kappa shape index (κ1) is 28.1. The van der Waals surface area contributed by atoms with Crippen LogP contribution in [0.25, 0.3) is 22.4 Å². The number of rotatable bonds is 12. The van der Waals surface area contributed by atoms with Gasteiger partial charge in [0.1, 0.15) is 30.5 Å². The van der Waals surface area contributed by atoms with Gasteiger partial charge in [0.15, 0.2) is 9.84 Å². The molecule has 3 aromatic carbocycles. The average molecular weight is 563 g/mol. The molecule has 40 heavy (non-hydrogen) atoms. The first-order valence-corrected chi connectivity index (χ1v) is 15.9. The minimum atomic E-state index is -3.22. The zero-order valence-corrected chi connectivity index (χ0v) is 24.1. The Balaban J connectivity index is 1.33. The van der Waals surface area contributed by atoms with Crippen molar-refractivity contribution in [3.05, 3.63) is 72.3 Å². The number of fused-ring (bicyclic) bond motifs is 1. The summed E-state index contributed by atoms with van der Waals surface area (Å²) in [6.45, 7) is 9.19. The molecular formula is C31H38N4O4S. The van der Waals surface area contributed by atoms with Gasteiger partial charge in [-0.25, -0.2) is 13.4 Å². The van der Waals surface area contributed by atoms with Crippen molar-refractivity contribution in [3.63, 3.8) is 0 Å². The summed E-state index contributed by atoms with van der Waals surface area (Å²) >= 11 is 0. The molecule has 9 heteroatoms. The molecule has 2 heterocycles. The zero-order valence-electron chi connectivity index (χ0n) is 23.3. The van der Waals surface area contributed by atoms with E-state index in [-0.39, 0.29) is 0 Å². The summed E-state index contributed by atoms with van der Waals surface area (Å²) in [7, 11) is -3.22. The molecule has 0 bridgehead atoms. The van der Waals surface area contributed by atoms with Gasteiger partial charge in [-0.1, -0.05) is 37.6 Å². The molecule has 0 amide bonds. The van der Waals surface area contributed by atoms with Gasteiger partial charge in [0, 0.05) is 57.2 Å². The summed E-state index contributed by atoms with van der Waals surface area (Å²) in [5, 5.41) is 3.39. The van der Waals surface area contributed by atoms with Crippen molar-refractivity contribution in [1.29, 1.82) is 0 Å². The zero-order chi connectivity index (χ0) is 28.0. The quantitative estimate of drug-likeness (QED) is 0.266. The van der Waals surface area contributed by atoms with Crippen LogP contribution in [0, 0.1) is 0 Å². The van der Waals surface area contributed by atoms with Crippen LogP contribution in [-0.4, -0.2) is 68.5 Å². The van der Waals surface area contributed by atoms with Gasteiger partial charge in [0.2, 0.25) is 0 Å². The second kappa shape index (κ2) is 12.8. The van der Waals surface area contributed by atoms with Crippen LogP contribution in [0.1, 0.15) is 25.3 Å². The molecule has 0 unspecified atom stereocenters. The van der Waals surface area contributed by atoms with Crippen molar-refractivity contribution in [1.82, 2.24) is 19.8 Å². The fraction of sp³-hybridized carbons (Fsp3) is 0.387. The molecule has 1 aliphatic rings. The Bertz CT molecular complexity index is 1530. The second-order valence-electron chi connectivity index (χ2n) is 10.3. The van der Waals surface area contributed by atoms with Crippen LogP contribution in [-0.2, 0) is 23.0 Å². The first-order chi connectivity index (χ1) is 19.4. The summed E-state index contributed by atoms with van der Waals surface area (Å²) in [6, 6.07) is 20.9. The molecule has 4 aromatic rings. The lowest BCUT2D eigenvalue weighted by molar-refractivity contribution is 0.191. The van der Waals surface area contributed by atoms with E-state index in [2.05, 4.69) is 33.8 Å². The molecule has 1 N–H and O–H groups in total. The molecule has 0 aliphatic carbocycles. The second-order valence-corrected chi connectivity index (χ2v) is 12.3. The van der Waals surface area contributed by atoms with Crippen molar-refractivity contribution >= 4 is 20.9 Å². The van der Waals surface area contributed by atoms with E-state index in [1.165, 1.54) is 6.26 Å². The standard InChI is InChI=1S/C31H38N4O4S/c1-3-4-16-35-30-22-27(38-20-19-34-17-14-32-15-18-34)10-13-29(30)33-31(35)25-6-5-7-26(21-25)39-23-24-8-11-28(12-9-24)40(2,36)37/h5-13,21-22,32H,3-4,14-20,23H2,1-2H3. The van der Waals surface area contributed by atoms with Crippen LogP contribution in [0.2, 0.25) is 0 Å².